The average Bonchev–Trinajstić information content (AvgIpc) is 2.80. The molecule has 2 aromatic carbocycles. The van der Waals surface area contributed by atoms with Crippen molar-refractivity contribution in [3.05, 3.63) is 78.7 Å². The van der Waals surface area contributed by atoms with Crippen LogP contribution < -0.4 is 14.8 Å². The molecule has 1 aliphatic heterocycles. The second kappa shape index (κ2) is 10.0. The molecule has 2 aliphatic carbocycles. The number of ether oxygens (including phenoxy) is 2. The summed E-state index contributed by atoms with van der Waals surface area (Å²) in [5.74, 6) is 0.959. The van der Waals surface area contributed by atoms with Gasteiger partial charge < -0.3 is 14.8 Å². The third-order valence-electron chi connectivity index (χ3n) is 7.63. The number of Topliss-reactive ketones (excluding diaryl/α,β-unsaturated/α-hetero) is 2. The first kappa shape index (κ1) is 27.3. The zero-order valence-corrected chi connectivity index (χ0v) is 25.4. The van der Waals surface area contributed by atoms with E-state index in [9.17, 15) is 9.59 Å². The number of hydrogen-bond acceptors (Lipinski definition) is 5. The summed E-state index contributed by atoms with van der Waals surface area (Å²) < 4.78 is 12.8. The molecule has 0 saturated carbocycles. The van der Waals surface area contributed by atoms with Crippen LogP contribution in [0.2, 0.25) is 5.02 Å². The molecule has 1 heterocycles. The Balaban J connectivity index is 1.60. The molecule has 0 spiro atoms. The monoisotopic (exact) mass is 645 g/mol. The van der Waals surface area contributed by atoms with Crippen molar-refractivity contribution < 1.29 is 19.1 Å². The lowest BCUT2D eigenvalue weighted by atomic mass is 9.64. The van der Waals surface area contributed by atoms with Gasteiger partial charge in [-0.2, -0.15) is 0 Å². The Labute approximate surface area is 243 Å². The van der Waals surface area contributed by atoms with Crippen LogP contribution in [0.25, 0.3) is 0 Å². The second-order valence-corrected chi connectivity index (χ2v) is 13.7. The van der Waals surface area contributed by atoms with Crippen LogP contribution in [0.5, 0.6) is 11.5 Å². The van der Waals surface area contributed by atoms with Crippen LogP contribution in [0.3, 0.4) is 0 Å². The van der Waals surface area contributed by atoms with Crippen molar-refractivity contribution >= 4 is 45.8 Å². The molecule has 38 heavy (non-hydrogen) atoms. The Morgan fingerprint density at radius 1 is 0.947 bits per heavy atom. The maximum Gasteiger partial charge on any atom is 0.174 e. The predicted octanol–water partition coefficient (Wildman–Crippen LogP) is 7.51. The Morgan fingerprint density at radius 2 is 1.53 bits per heavy atom. The lowest BCUT2D eigenvalue weighted by molar-refractivity contribution is -0.119. The van der Waals surface area contributed by atoms with E-state index in [2.05, 4.69) is 55.6 Å². The number of methoxy groups -OCH3 is 1. The summed E-state index contributed by atoms with van der Waals surface area (Å²) in [6, 6.07) is 11.5. The molecule has 0 saturated heterocycles. The molecule has 0 aromatic heterocycles. The van der Waals surface area contributed by atoms with Crippen LogP contribution in [0.1, 0.15) is 70.4 Å². The number of nitrogens with one attached hydrogen (secondary N) is 1. The molecule has 0 atom stereocenters. The molecule has 0 fully saturated rings. The molecule has 0 amide bonds. The van der Waals surface area contributed by atoms with Crippen LogP contribution in [0, 0.1) is 14.4 Å². The SMILES string of the molecule is COc1cc(C2C3=C(CC(C)(C)CC3=O)NC3=C2C(=O)CC(C)(C)C3)cc(I)c1OCc1ccccc1Cl. The van der Waals surface area contributed by atoms with Gasteiger partial charge in [-0.3, -0.25) is 9.59 Å². The van der Waals surface area contributed by atoms with Gasteiger partial charge in [-0.05, 0) is 70.0 Å². The maximum absolute atomic E-state index is 13.6. The fraction of sp³-hybridized carbons (Fsp3) is 0.419. The number of benzene rings is 2. The van der Waals surface area contributed by atoms with Gasteiger partial charge in [0.15, 0.2) is 23.1 Å². The molecule has 3 aliphatic rings. The van der Waals surface area contributed by atoms with E-state index in [1.54, 1.807) is 7.11 Å². The molecule has 200 valence electrons. The highest BCUT2D eigenvalue weighted by molar-refractivity contribution is 14.1. The summed E-state index contributed by atoms with van der Waals surface area (Å²) in [7, 11) is 1.61. The maximum atomic E-state index is 13.6. The van der Waals surface area contributed by atoms with E-state index in [1.165, 1.54) is 0 Å². The lowest BCUT2D eigenvalue weighted by Crippen LogP contribution is -2.42. The van der Waals surface area contributed by atoms with E-state index in [-0.39, 0.29) is 22.4 Å². The Bertz CT molecular complexity index is 1350. The Morgan fingerprint density at radius 3 is 2.08 bits per heavy atom. The molecular weight excluding hydrogens is 613 g/mol. The first-order valence-corrected chi connectivity index (χ1v) is 14.4. The van der Waals surface area contributed by atoms with Gasteiger partial charge in [-0.1, -0.05) is 57.5 Å². The van der Waals surface area contributed by atoms with Gasteiger partial charge in [0.1, 0.15) is 6.61 Å². The highest BCUT2D eigenvalue weighted by Crippen LogP contribution is 2.52. The number of hydrogen-bond donors (Lipinski definition) is 1. The summed E-state index contributed by atoms with van der Waals surface area (Å²) in [5.41, 5.74) is 4.83. The van der Waals surface area contributed by atoms with E-state index in [0.717, 1.165) is 50.1 Å². The van der Waals surface area contributed by atoms with Crippen LogP contribution in [0.15, 0.2) is 58.9 Å². The van der Waals surface area contributed by atoms with Crippen molar-refractivity contribution in [2.24, 2.45) is 10.8 Å². The van der Waals surface area contributed by atoms with Gasteiger partial charge in [0.2, 0.25) is 0 Å². The van der Waals surface area contributed by atoms with Crippen molar-refractivity contribution in [2.45, 2.75) is 65.9 Å². The van der Waals surface area contributed by atoms with Crippen molar-refractivity contribution in [2.75, 3.05) is 7.11 Å². The number of carbonyl (C=O) groups is 2. The van der Waals surface area contributed by atoms with Gasteiger partial charge >= 0.3 is 0 Å². The van der Waals surface area contributed by atoms with E-state index in [4.69, 9.17) is 21.1 Å². The highest BCUT2D eigenvalue weighted by Gasteiger charge is 2.46. The summed E-state index contributed by atoms with van der Waals surface area (Å²) >= 11 is 8.58. The van der Waals surface area contributed by atoms with Crippen LogP contribution in [0.4, 0.5) is 0 Å². The van der Waals surface area contributed by atoms with Crippen LogP contribution in [-0.2, 0) is 16.2 Å². The van der Waals surface area contributed by atoms with Crippen molar-refractivity contribution in [1.29, 1.82) is 0 Å². The fourth-order valence-corrected chi connectivity index (χ4v) is 7.01. The molecule has 5 rings (SSSR count). The molecule has 5 nitrogen and oxygen atoms in total. The van der Waals surface area contributed by atoms with Gasteiger partial charge in [-0.15, -0.1) is 0 Å². The lowest BCUT2D eigenvalue weighted by Gasteiger charge is -2.44. The molecule has 0 bridgehead atoms. The number of halogens is 2. The molecule has 2 aromatic rings. The third-order valence-corrected chi connectivity index (χ3v) is 8.80. The van der Waals surface area contributed by atoms with E-state index < -0.39 is 5.92 Å². The van der Waals surface area contributed by atoms with Crippen LogP contribution >= 0.6 is 34.2 Å². The quantitative estimate of drug-likeness (QED) is 0.341. The van der Waals surface area contributed by atoms with Gasteiger partial charge in [0, 0.05) is 51.9 Å². The normalized spacial score (nSPS) is 20.6. The smallest absolute Gasteiger partial charge is 0.174 e. The zero-order chi connectivity index (χ0) is 27.4. The topological polar surface area (TPSA) is 64.6 Å². The minimum atomic E-state index is -0.423. The fourth-order valence-electron chi connectivity index (χ4n) is 6.03. The summed E-state index contributed by atoms with van der Waals surface area (Å²) in [6.07, 6.45) is 2.45. The van der Waals surface area contributed by atoms with Gasteiger partial charge in [-0.25, -0.2) is 0 Å². The van der Waals surface area contributed by atoms with E-state index >= 15 is 0 Å². The largest absolute Gasteiger partial charge is 0.493 e. The average molecular weight is 646 g/mol. The van der Waals surface area contributed by atoms with Gasteiger partial charge in [0.25, 0.3) is 0 Å². The number of allylic oxidation sites excluding steroid dienone is 4. The molecule has 1 N–H and O–H groups in total. The third kappa shape index (κ3) is 5.14. The van der Waals surface area contributed by atoms with Crippen molar-refractivity contribution in [3.63, 3.8) is 0 Å². The predicted molar refractivity (Wildman–Crippen MR) is 157 cm³/mol. The Hall–Kier alpha value is -2.32. The van der Waals surface area contributed by atoms with Gasteiger partial charge in [0.05, 0.1) is 10.7 Å². The van der Waals surface area contributed by atoms with E-state index in [0.29, 0.717) is 36.0 Å². The molecule has 7 heteroatoms. The van der Waals surface area contributed by atoms with E-state index in [1.807, 2.05) is 36.4 Å². The van der Waals surface area contributed by atoms with Crippen molar-refractivity contribution in [3.8, 4) is 11.5 Å². The first-order chi connectivity index (χ1) is 17.9. The number of ketones is 2. The number of dihydropyridines is 1. The minimum Gasteiger partial charge on any atom is -0.493 e. The second-order valence-electron chi connectivity index (χ2n) is 12.1. The highest BCUT2D eigenvalue weighted by atomic mass is 127. The summed E-state index contributed by atoms with van der Waals surface area (Å²) in [4.78, 5) is 27.3. The summed E-state index contributed by atoms with van der Waals surface area (Å²) in [6.45, 7) is 8.81. The molecular formula is C31H33ClINO4. The molecule has 0 unspecified atom stereocenters. The number of rotatable bonds is 5. The zero-order valence-electron chi connectivity index (χ0n) is 22.5. The first-order valence-electron chi connectivity index (χ1n) is 12.9. The standard InChI is InChI=1S/C31H33ClINO4/c1-30(2)12-21-27(23(35)14-30)26(28-22(34-21)13-31(3,4)15-24(28)36)18-10-20(33)29(25(11-18)37-5)38-16-17-8-6-7-9-19(17)32/h6-11,26,34H,12-16H2,1-5H3. The van der Waals surface area contributed by atoms with Crippen LogP contribution in [-0.4, -0.2) is 18.7 Å². The summed E-state index contributed by atoms with van der Waals surface area (Å²) in [5, 5.41) is 4.22. The van der Waals surface area contributed by atoms with Crippen molar-refractivity contribution in [1.82, 2.24) is 5.32 Å². The Kier molecular flexibility index (Phi) is 7.18. The number of carbonyl (C=O) groups excluding carboxylic acids is 2. The minimum absolute atomic E-state index is 0.103. The molecule has 0 radical (unpaired) electrons.